The Morgan fingerprint density at radius 3 is 2.86 bits per heavy atom. The van der Waals surface area contributed by atoms with E-state index >= 15 is 0 Å². The Bertz CT molecular complexity index is 487. The standard InChI is InChI=1S/C14H21ClN4O2/c1-14(2,3)21-13(20)19-8-4-5-10(19)9-16-12-7-6-11(15)17-18-12/h6-7,10H,4-5,8-9H2,1-3H3,(H,16,18). The van der Waals surface area contributed by atoms with Crippen LogP contribution in [0, 0.1) is 0 Å². The highest BCUT2D eigenvalue weighted by atomic mass is 35.5. The molecule has 1 unspecified atom stereocenters. The number of hydrogen-bond donors (Lipinski definition) is 1. The fraction of sp³-hybridized carbons (Fsp3) is 0.643. The molecule has 1 aliphatic heterocycles. The van der Waals surface area contributed by atoms with Gasteiger partial charge < -0.3 is 15.0 Å². The van der Waals surface area contributed by atoms with Crippen molar-refractivity contribution in [2.24, 2.45) is 0 Å². The summed E-state index contributed by atoms with van der Waals surface area (Å²) in [4.78, 5) is 13.9. The zero-order valence-corrected chi connectivity index (χ0v) is 13.4. The van der Waals surface area contributed by atoms with E-state index in [2.05, 4.69) is 15.5 Å². The summed E-state index contributed by atoms with van der Waals surface area (Å²) < 4.78 is 5.43. The van der Waals surface area contributed by atoms with E-state index in [0.29, 0.717) is 17.5 Å². The number of carbonyl (C=O) groups excluding carboxylic acids is 1. The summed E-state index contributed by atoms with van der Waals surface area (Å²) in [5.74, 6) is 0.649. The highest BCUT2D eigenvalue weighted by molar-refractivity contribution is 6.29. The number of aromatic nitrogens is 2. The van der Waals surface area contributed by atoms with Gasteiger partial charge in [0.1, 0.15) is 11.4 Å². The zero-order chi connectivity index (χ0) is 15.5. The van der Waals surface area contributed by atoms with Crippen molar-refractivity contribution in [3.8, 4) is 0 Å². The van der Waals surface area contributed by atoms with Crippen LogP contribution in [0.2, 0.25) is 5.15 Å². The Balaban J connectivity index is 1.90. The maximum absolute atomic E-state index is 12.2. The molecule has 1 aromatic rings. The van der Waals surface area contributed by atoms with Gasteiger partial charge in [-0.15, -0.1) is 10.2 Å². The van der Waals surface area contributed by atoms with Gasteiger partial charge in [0.2, 0.25) is 0 Å². The molecule has 6 nitrogen and oxygen atoms in total. The number of rotatable bonds is 3. The maximum Gasteiger partial charge on any atom is 0.410 e. The number of ether oxygens (including phenoxy) is 1. The van der Waals surface area contributed by atoms with Crippen molar-refractivity contribution in [1.82, 2.24) is 15.1 Å². The number of halogens is 1. The van der Waals surface area contributed by atoms with E-state index in [9.17, 15) is 4.79 Å². The minimum atomic E-state index is -0.473. The fourth-order valence-corrected chi connectivity index (χ4v) is 2.34. The Kier molecular flexibility index (Phi) is 4.88. The molecule has 1 N–H and O–H groups in total. The number of likely N-dealkylation sites (tertiary alicyclic amines) is 1. The van der Waals surface area contributed by atoms with Crippen molar-refractivity contribution in [3.63, 3.8) is 0 Å². The molecule has 0 radical (unpaired) electrons. The second-order valence-electron chi connectivity index (χ2n) is 6.09. The van der Waals surface area contributed by atoms with Gasteiger partial charge in [-0.2, -0.15) is 0 Å². The minimum Gasteiger partial charge on any atom is -0.444 e. The molecular formula is C14H21ClN4O2. The number of carbonyl (C=O) groups is 1. The predicted molar refractivity (Wildman–Crippen MR) is 81.5 cm³/mol. The summed E-state index contributed by atoms with van der Waals surface area (Å²) in [7, 11) is 0. The molecule has 0 aliphatic carbocycles. The van der Waals surface area contributed by atoms with Crippen molar-refractivity contribution < 1.29 is 9.53 Å². The van der Waals surface area contributed by atoms with E-state index in [4.69, 9.17) is 16.3 Å². The fourth-order valence-electron chi connectivity index (χ4n) is 2.24. The van der Waals surface area contributed by atoms with E-state index in [0.717, 1.165) is 19.4 Å². The largest absolute Gasteiger partial charge is 0.444 e. The highest BCUT2D eigenvalue weighted by Gasteiger charge is 2.31. The molecule has 1 saturated heterocycles. The third-order valence-corrected chi connectivity index (χ3v) is 3.36. The molecule has 0 aromatic carbocycles. The molecule has 1 amide bonds. The Hall–Kier alpha value is -1.56. The number of anilines is 1. The highest BCUT2D eigenvalue weighted by Crippen LogP contribution is 2.21. The Morgan fingerprint density at radius 2 is 2.24 bits per heavy atom. The predicted octanol–water partition coefficient (Wildman–Crippen LogP) is 2.94. The second kappa shape index (κ2) is 6.47. The summed E-state index contributed by atoms with van der Waals surface area (Å²) in [6, 6.07) is 3.55. The molecular weight excluding hydrogens is 292 g/mol. The van der Waals surface area contributed by atoms with Crippen molar-refractivity contribution in [1.29, 1.82) is 0 Å². The number of nitrogens with one attached hydrogen (secondary N) is 1. The monoisotopic (exact) mass is 312 g/mol. The summed E-state index contributed by atoms with van der Waals surface area (Å²) in [5, 5.41) is 11.3. The van der Waals surface area contributed by atoms with Crippen molar-refractivity contribution in [2.45, 2.75) is 45.3 Å². The molecule has 1 atom stereocenters. The van der Waals surface area contributed by atoms with Gasteiger partial charge in [0.15, 0.2) is 5.15 Å². The van der Waals surface area contributed by atoms with Crippen LogP contribution in [0.15, 0.2) is 12.1 Å². The molecule has 0 bridgehead atoms. The van der Waals surface area contributed by atoms with Crippen LogP contribution >= 0.6 is 11.6 Å². The summed E-state index contributed by atoms with van der Waals surface area (Å²) >= 11 is 5.69. The molecule has 116 valence electrons. The summed E-state index contributed by atoms with van der Waals surface area (Å²) in [5.41, 5.74) is -0.473. The SMILES string of the molecule is CC(C)(C)OC(=O)N1CCCC1CNc1ccc(Cl)nn1. The Morgan fingerprint density at radius 1 is 1.48 bits per heavy atom. The lowest BCUT2D eigenvalue weighted by molar-refractivity contribution is 0.0235. The van der Waals surface area contributed by atoms with Crippen LogP contribution in [-0.2, 0) is 4.74 Å². The van der Waals surface area contributed by atoms with Gasteiger partial charge in [-0.25, -0.2) is 4.79 Å². The lowest BCUT2D eigenvalue weighted by atomic mass is 10.2. The molecule has 7 heteroatoms. The lowest BCUT2D eigenvalue weighted by Crippen LogP contribution is -2.42. The normalized spacial score (nSPS) is 18.7. The second-order valence-corrected chi connectivity index (χ2v) is 6.48. The third-order valence-electron chi connectivity index (χ3n) is 3.16. The van der Waals surface area contributed by atoms with E-state index in [1.807, 2.05) is 20.8 Å². The topological polar surface area (TPSA) is 67.3 Å². The first-order valence-corrected chi connectivity index (χ1v) is 7.46. The van der Waals surface area contributed by atoms with E-state index in [1.165, 1.54) is 0 Å². The van der Waals surface area contributed by atoms with Gasteiger partial charge in [-0.3, -0.25) is 0 Å². The number of hydrogen-bond acceptors (Lipinski definition) is 5. The molecule has 21 heavy (non-hydrogen) atoms. The first kappa shape index (κ1) is 15.8. The van der Waals surface area contributed by atoms with Gasteiger partial charge >= 0.3 is 6.09 Å². The molecule has 0 saturated carbocycles. The van der Waals surface area contributed by atoms with Crippen molar-refractivity contribution in [3.05, 3.63) is 17.3 Å². The van der Waals surface area contributed by atoms with Crippen molar-refractivity contribution >= 4 is 23.5 Å². The average Bonchev–Trinajstić information content (AvgIpc) is 2.84. The van der Waals surface area contributed by atoms with Gasteiger partial charge in [0.25, 0.3) is 0 Å². The van der Waals surface area contributed by atoms with Crippen LogP contribution in [-0.4, -0.2) is 45.9 Å². The van der Waals surface area contributed by atoms with Crippen LogP contribution in [0.4, 0.5) is 10.6 Å². The van der Waals surface area contributed by atoms with Gasteiger partial charge in [0, 0.05) is 13.1 Å². The molecule has 2 heterocycles. The van der Waals surface area contributed by atoms with Crippen LogP contribution in [0.25, 0.3) is 0 Å². The van der Waals surface area contributed by atoms with Crippen LogP contribution < -0.4 is 5.32 Å². The first-order valence-electron chi connectivity index (χ1n) is 7.08. The van der Waals surface area contributed by atoms with E-state index in [1.54, 1.807) is 17.0 Å². The molecule has 0 spiro atoms. The lowest BCUT2D eigenvalue weighted by Gasteiger charge is -2.28. The maximum atomic E-state index is 12.2. The van der Waals surface area contributed by atoms with Crippen LogP contribution in [0.3, 0.4) is 0 Å². The van der Waals surface area contributed by atoms with E-state index in [-0.39, 0.29) is 12.1 Å². The quantitative estimate of drug-likeness (QED) is 0.929. The molecule has 1 aliphatic rings. The summed E-state index contributed by atoms with van der Waals surface area (Å²) in [6.07, 6.45) is 1.68. The summed E-state index contributed by atoms with van der Waals surface area (Å²) in [6.45, 7) is 6.97. The van der Waals surface area contributed by atoms with Crippen LogP contribution in [0.1, 0.15) is 33.6 Å². The van der Waals surface area contributed by atoms with Crippen LogP contribution in [0.5, 0.6) is 0 Å². The van der Waals surface area contributed by atoms with Gasteiger partial charge in [-0.1, -0.05) is 11.6 Å². The number of amides is 1. The minimum absolute atomic E-state index is 0.109. The first-order chi connectivity index (χ1) is 9.85. The molecule has 1 fully saturated rings. The zero-order valence-electron chi connectivity index (χ0n) is 12.6. The third kappa shape index (κ3) is 4.74. The number of nitrogens with zero attached hydrogens (tertiary/aromatic N) is 3. The van der Waals surface area contributed by atoms with E-state index < -0.39 is 5.60 Å². The van der Waals surface area contributed by atoms with Gasteiger partial charge in [-0.05, 0) is 45.7 Å². The molecule has 1 aromatic heterocycles. The van der Waals surface area contributed by atoms with Crippen molar-refractivity contribution in [2.75, 3.05) is 18.4 Å². The molecule has 2 rings (SSSR count). The Labute approximate surface area is 129 Å². The smallest absolute Gasteiger partial charge is 0.410 e. The van der Waals surface area contributed by atoms with Gasteiger partial charge in [0.05, 0.1) is 6.04 Å². The average molecular weight is 313 g/mol.